The molecule has 5 heteroatoms. The number of likely N-dealkylation sites (tertiary alicyclic amines) is 1. The van der Waals surface area contributed by atoms with Crippen LogP contribution in [0.1, 0.15) is 30.1 Å². The topological polar surface area (TPSA) is 66.6 Å². The van der Waals surface area contributed by atoms with Crippen LogP contribution in [-0.4, -0.2) is 35.0 Å². The minimum Gasteiger partial charge on any atom is -0.507 e. The number of benzene rings is 1. The Morgan fingerprint density at radius 2 is 2.11 bits per heavy atom. The summed E-state index contributed by atoms with van der Waals surface area (Å²) in [6, 6.07) is 5.11. The van der Waals surface area contributed by atoms with Gasteiger partial charge in [0.15, 0.2) is 0 Å². The van der Waals surface area contributed by atoms with Gasteiger partial charge in [-0.15, -0.1) is 0 Å². The van der Waals surface area contributed by atoms with Crippen molar-refractivity contribution in [2.75, 3.05) is 13.1 Å². The molecule has 19 heavy (non-hydrogen) atoms. The van der Waals surface area contributed by atoms with E-state index < -0.39 is 0 Å². The average molecular weight is 327 g/mol. The first-order valence-corrected chi connectivity index (χ1v) is 7.31. The van der Waals surface area contributed by atoms with E-state index in [0.29, 0.717) is 16.0 Å². The third-order valence-electron chi connectivity index (χ3n) is 3.76. The van der Waals surface area contributed by atoms with Crippen LogP contribution in [0, 0.1) is 5.92 Å². The quantitative estimate of drug-likeness (QED) is 0.876. The molecule has 0 aliphatic carbocycles. The fourth-order valence-corrected chi connectivity index (χ4v) is 2.70. The first-order chi connectivity index (χ1) is 8.99. The van der Waals surface area contributed by atoms with Crippen molar-refractivity contribution in [3.05, 3.63) is 28.2 Å². The third kappa shape index (κ3) is 3.28. The van der Waals surface area contributed by atoms with Crippen molar-refractivity contribution in [3.8, 4) is 5.75 Å². The number of hydrogen-bond acceptors (Lipinski definition) is 3. The van der Waals surface area contributed by atoms with Crippen molar-refractivity contribution in [2.45, 2.75) is 25.8 Å². The number of nitrogens with zero attached hydrogens (tertiary/aromatic N) is 1. The molecule has 1 atom stereocenters. The zero-order chi connectivity index (χ0) is 14.0. The van der Waals surface area contributed by atoms with Crippen molar-refractivity contribution < 1.29 is 9.90 Å². The van der Waals surface area contributed by atoms with Gasteiger partial charge < -0.3 is 15.7 Å². The van der Waals surface area contributed by atoms with E-state index in [2.05, 4.69) is 15.9 Å². The van der Waals surface area contributed by atoms with Crippen LogP contribution in [0.4, 0.5) is 0 Å². The number of hydrogen-bond donors (Lipinski definition) is 2. The number of amides is 1. The van der Waals surface area contributed by atoms with Crippen LogP contribution in [-0.2, 0) is 0 Å². The number of halogens is 1. The lowest BCUT2D eigenvalue weighted by Gasteiger charge is -2.33. The lowest BCUT2D eigenvalue weighted by atomic mass is 9.90. The molecule has 0 saturated carbocycles. The Morgan fingerprint density at radius 3 is 2.63 bits per heavy atom. The number of nitrogens with two attached hydrogens (primary N) is 1. The van der Waals surface area contributed by atoms with Crippen LogP contribution in [0.3, 0.4) is 0 Å². The second kappa shape index (κ2) is 5.92. The lowest BCUT2D eigenvalue weighted by molar-refractivity contribution is 0.0680. The standard InChI is InChI=1S/C14H19BrN2O2/c1-9(16)10-4-6-17(7-5-10)14(19)11-2-3-12(15)13(18)8-11/h2-3,8-10,18H,4-7,16H2,1H3. The maximum absolute atomic E-state index is 12.3. The summed E-state index contributed by atoms with van der Waals surface area (Å²) in [5.41, 5.74) is 6.42. The molecule has 3 N–H and O–H groups in total. The smallest absolute Gasteiger partial charge is 0.253 e. The summed E-state index contributed by atoms with van der Waals surface area (Å²) in [5, 5.41) is 9.63. The number of phenols is 1. The van der Waals surface area contributed by atoms with Crippen molar-refractivity contribution in [3.63, 3.8) is 0 Å². The largest absolute Gasteiger partial charge is 0.507 e. The van der Waals surface area contributed by atoms with Gasteiger partial charge in [-0.3, -0.25) is 4.79 Å². The molecule has 0 spiro atoms. The molecule has 104 valence electrons. The van der Waals surface area contributed by atoms with Gasteiger partial charge in [-0.2, -0.15) is 0 Å². The summed E-state index contributed by atoms with van der Waals surface area (Å²) in [4.78, 5) is 14.1. The highest BCUT2D eigenvalue weighted by Gasteiger charge is 2.25. The van der Waals surface area contributed by atoms with E-state index in [9.17, 15) is 9.90 Å². The number of rotatable bonds is 2. The molecular formula is C14H19BrN2O2. The van der Waals surface area contributed by atoms with Crippen LogP contribution in [0.5, 0.6) is 5.75 Å². The van der Waals surface area contributed by atoms with Crippen molar-refractivity contribution in [2.24, 2.45) is 11.7 Å². The molecule has 1 aliphatic heterocycles. The van der Waals surface area contributed by atoms with E-state index in [1.54, 1.807) is 12.1 Å². The van der Waals surface area contributed by atoms with Gasteiger partial charge in [0, 0.05) is 24.7 Å². The molecule has 1 fully saturated rings. The monoisotopic (exact) mass is 326 g/mol. The SMILES string of the molecule is CC(N)C1CCN(C(=O)c2ccc(Br)c(O)c2)CC1. The highest BCUT2D eigenvalue weighted by molar-refractivity contribution is 9.10. The van der Waals surface area contributed by atoms with E-state index in [1.165, 1.54) is 6.07 Å². The van der Waals surface area contributed by atoms with Gasteiger partial charge in [-0.05, 0) is 59.8 Å². The second-order valence-corrected chi connectivity index (χ2v) is 6.01. The number of carbonyl (C=O) groups excluding carboxylic acids is 1. The Labute approximate surface area is 121 Å². The van der Waals surface area contributed by atoms with E-state index in [0.717, 1.165) is 25.9 Å². The normalized spacial score (nSPS) is 18.4. The molecule has 2 rings (SSSR count). The molecular weight excluding hydrogens is 308 g/mol. The molecule has 1 aromatic rings. The van der Waals surface area contributed by atoms with Crippen LogP contribution in [0.15, 0.2) is 22.7 Å². The van der Waals surface area contributed by atoms with Crippen LogP contribution in [0.25, 0.3) is 0 Å². The van der Waals surface area contributed by atoms with Crippen LogP contribution >= 0.6 is 15.9 Å². The van der Waals surface area contributed by atoms with Gasteiger partial charge in [0.2, 0.25) is 0 Å². The lowest BCUT2D eigenvalue weighted by Crippen LogP contribution is -2.42. The van der Waals surface area contributed by atoms with Crippen molar-refractivity contribution in [1.82, 2.24) is 4.90 Å². The van der Waals surface area contributed by atoms with E-state index in [-0.39, 0.29) is 17.7 Å². The van der Waals surface area contributed by atoms with Crippen LogP contribution in [0.2, 0.25) is 0 Å². The van der Waals surface area contributed by atoms with Gasteiger partial charge in [0.1, 0.15) is 5.75 Å². The average Bonchev–Trinajstić information content (AvgIpc) is 2.41. The molecule has 1 aliphatic rings. The Kier molecular flexibility index (Phi) is 4.47. The molecule has 0 radical (unpaired) electrons. The summed E-state index contributed by atoms with van der Waals surface area (Å²) in [6.07, 6.45) is 1.90. The van der Waals surface area contributed by atoms with Crippen molar-refractivity contribution in [1.29, 1.82) is 0 Å². The van der Waals surface area contributed by atoms with E-state index >= 15 is 0 Å². The predicted molar refractivity (Wildman–Crippen MR) is 78.1 cm³/mol. The molecule has 0 aromatic heterocycles. The summed E-state index contributed by atoms with van der Waals surface area (Å²) >= 11 is 3.21. The maximum Gasteiger partial charge on any atom is 0.253 e. The van der Waals surface area contributed by atoms with Gasteiger partial charge >= 0.3 is 0 Å². The number of phenolic OH excluding ortho intramolecular Hbond substituents is 1. The zero-order valence-electron chi connectivity index (χ0n) is 11.0. The third-order valence-corrected chi connectivity index (χ3v) is 4.43. The molecule has 4 nitrogen and oxygen atoms in total. The summed E-state index contributed by atoms with van der Waals surface area (Å²) < 4.78 is 0.597. The van der Waals surface area contributed by atoms with Crippen LogP contribution < -0.4 is 5.73 Å². The number of piperidine rings is 1. The summed E-state index contributed by atoms with van der Waals surface area (Å²) in [7, 11) is 0. The van der Waals surface area contributed by atoms with Gasteiger partial charge in [0.05, 0.1) is 4.47 Å². The first-order valence-electron chi connectivity index (χ1n) is 6.52. The number of aromatic hydroxyl groups is 1. The predicted octanol–water partition coefficient (Wildman–Crippen LogP) is 2.35. The summed E-state index contributed by atoms with van der Waals surface area (Å²) in [6.45, 7) is 3.50. The Morgan fingerprint density at radius 1 is 1.47 bits per heavy atom. The molecule has 1 unspecified atom stereocenters. The van der Waals surface area contributed by atoms with Crippen molar-refractivity contribution >= 4 is 21.8 Å². The molecule has 1 aromatic carbocycles. The number of carbonyl (C=O) groups is 1. The highest BCUT2D eigenvalue weighted by Crippen LogP contribution is 2.26. The Balaban J connectivity index is 2.03. The Bertz CT molecular complexity index is 469. The molecule has 1 amide bonds. The van der Waals surface area contributed by atoms with E-state index in [1.807, 2.05) is 11.8 Å². The minimum absolute atomic E-state index is 0.0223. The molecule has 1 heterocycles. The first kappa shape index (κ1) is 14.3. The van der Waals surface area contributed by atoms with Gasteiger partial charge in [0.25, 0.3) is 5.91 Å². The highest BCUT2D eigenvalue weighted by atomic mass is 79.9. The fraction of sp³-hybridized carbons (Fsp3) is 0.500. The van der Waals surface area contributed by atoms with E-state index in [4.69, 9.17) is 5.73 Å². The minimum atomic E-state index is -0.0223. The fourth-order valence-electron chi connectivity index (χ4n) is 2.46. The van der Waals surface area contributed by atoms with Gasteiger partial charge in [-0.25, -0.2) is 0 Å². The zero-order valence-corrected chi connectivity index (χ0v) is 12.6. The molecule has 0 bridgehead atoms. The maximum atomic E-state index is 12.3. The summed E-state index contributed by atoms with van der Waals surface area (Å²) in [5.74, 6) is 0.574. The Hall–Kier alpha value is -1.07. The van der Waals surface area contributed by atoms with Gasteiger partial charge in [-0.1, -0.05) is 0 Å². The second-order valence-electron chi connectivity index (χ2n) is 5.15. The molecule has 1 saturated heterocycles.